The second-order valence-corrected chi connectivity index (χ2v) is 7.02. The van der Waals surface area contributed by atoms with Gasteiger partial charge in [-0.2, -0.15) is 23.7 Å². The maximum Gasteiger partial charge on any atom is 0.333 e. The van der Waals surface area contributed by atoms with Crippen molar-refractivity contribution in [1.29, 1.82) is 0 Å². The fourth-order valence-electron chi connectivity index (χ4n) is 3.71. The van der Waals surface area contributed by atoms with Crippen LogP contribution in [0.25, 0.3) is 5.52 Å². The van der Waals surface area contributed by atoms with Crippen LogP contribution in [-0.4, -0.2) is 46.7 Å². The van der Waals surface area contributed by atoms with Crippen molar-refractivity contribution in [1.82, 2.24) is 34.3 Å². The number of carbonyl (C=O) groups excluding carboxylic acids is 1. The van der Waals surface area contributed by atoms with Gasteiger partial charge in [0.15, 0.2) is 0 Å². The lowest BCUT2D eigenvalue weighted by molar-refractivity contribution is 0.0441. The lowest BCUT2D eigenvalue weighted by Crippen LogP contribution is -2.41. The van der Waals surface area contributed by atoms with Gasteiger partial charge < -0.3 is 9.88 Å². The highest BCUT2D eigenvalue weighted by molar-refractivity contribution is 6.33. The van der Waals surface area contributed by atoms with Crippen molar-refractivity contribution in [2.75, 3.05) is 6.54 Å². The summed E-state index contributed by atoms with van der Waals surface area (Å²) in [5.74, 6) is -0.565. The summed E-state index contributed by atoms with van der Waals surface area (Å²) in [5.41, 5.74) is 2.54. The highest BCUT2D eigenvalue weighted by Crippen LogP contribution is 2.35. The number of amides is 1. The Labute approximate surface area is 167 Å². The number of imidazole rings is 1. The molecular weight excluding hydrogens is 404 g/mol. The molecular formula is C18H14ClF2N7O. The zero-order valence-electron chi connectivity index (χ0n) is 14.8. The molecule has 1 N–H and O–H groups in total. The fourth-order valence-corrected chi connectivity index (χ4v) is 3.93. The molecule has 5 rings (SSSR count). The van der Waals surface area contributed by atoms with Crippen LogP contribution in [-0.2, 0) is 6.42 Å². The van der Waals surface area contributed by atoms with Gasteiger partial charge in [0.25, 0.3) is 5.91 Å². The molecule has 0 aliphatic carbocycles. The minimum Gasteiger partial charge on any atom is -0.348 e. The van der Waals surface area contributed by atoms with Gasteiger partial charge in [-0.3, -0.25) is 4.79 Å². The molecule has 29 heavy (non-hydrogen) atoms. The summed E-state index contributed by atoms with van der Waals surface area (Å²) in [6.07, 6.45) is 5.01. The van der Waals surface area contributed by atoms with Crippen molar-refractivity contribution >= 4 is 23.0 Å². The minimum absolute atomic E-state index is 0.189. The van der Waals surface area contributed by atoms with E-state index >= 15 is 0 Å². The zero-order chi connectivity index (χ0) is 20.1. The van der Waals surface area contributed by atoms with E-state index in [1.54, 1.807) is 35.2 Å². The molecule has 1 amide bonds. The van der Waals surface area contributed by atoms with E-state index in [1.165, 1.54) is 17.2 Å². The molecule has 0 spiro atoms. The third-order valence-electron chi connectivity index (χ3n) is 5.01. The number of H-pyrrole nitrogens is 1. The van der Waals surface area contributed by atoms with Gasteiger partial charge >= 0.3 is 6.55 Å². The number of aromatic amines is 1. The van der Waals surface area contributed by atoms with Crippen LogP contribution in [0.4, 0.5) is 8.78 Å². The molecule has 0 fully saturated rings. The Kier molecular flexibility index (Phi) is 4.09. The lowest BCUT2D eigenvalue weighted by Gasteiger charge is -2.33. The molecule has 5 heterocycles. The highest BCUT2D eigenvalue weighted by atomic mass is 35.5. The van der Waals surface area contributed by atoms with Gasteiger partial charge in [0.05, 0.1) is 28.3 Å². The Balaban J connectivity index is 1.63. The van der Waals surface area contributed by atoms with Gasteiger partial charge in [0, 0.05) is 31.1 Å². The molecule has 1 aliphatic heterocycles. The van der Waals surface area contributed by atoms with Crippen LogP contribution >= 0.6 is 11.6 Å². The molecule has 0 saturated heterocycles. The monoisotopic (exact) mass is 417 g/mol. The molecule has 1 atom stereocenters. The first-order valence-electron chi connectivity index (χ1n) is 8.83. The molecule has 4 aromatic heterocycles. The van der Waals surface area contributed by atoms with E-state index in [4.69, 9.17) is 11.6 Å². The maximum atomic E-state index is 13.3. The Morgan fingerprint density at radius 2 is 2.21 bits per heavy atom. The second-order valence-electron chi connectivity index (χ2n) is 6.61. The number of aromatic nitrogens is 6. The van der Waals surface area contributed by atoms with Crippen molar-refractivity contribution in [3.63, 3.8) is 0 Å². The number of fused-ring (bicyclic) bond motifs is 2. The average molecular weight is 418 g/mol. The number of rotatable bonds is 3. The summed E-state index contributed by atoms with van der Waals surface area (Å²) in [6, 6.07) is 5.92. The van der Waals surface area contributed by atoms with Crippen LogP contribution in [0.3, 0.4) is 0 Å². The molecule has 148 valence electrons. The largest absolute Gasteiger partial charge is 0.348 e. The smallest absolute Gasteiger partial charge is 0.333 e. The molecule has 0 radical (unpaired) electrons. The SMILES string of the molecule is O=C(c1ccnn1C(F)F)N1CCc2[nH]cnc2[C@@H]1c1cc2c(Cl)cccn2n1. The molecule has 11 heteroatoms. The molecule has 0 bridgehead atoms. The van der Waals surface area contributed by atoms with Crippen molar-refractivity contribution in [3.8, 4) is 0 Å². The van der Waals surface area contributed by atoms with E-state index in [2.05, 4.69) is 20.2 Å². The first-order valence-corrected chi connectivity index (χ1v) is 9.21. The zero-order valence-corrected chi connectivity index (χ0v) is 15.6. The van der Waals surface area contributed by atoms with Crippen molar-refractivity contribution in [2.24, 2.45) is 0 Å². The van der Waals surface area contributed by atoms with Gasteiger partial charge in [-0.05, 0) is 24.3 Å². The van der Waals surface area contributed by atoms with Crippen molar-refractivity contribution < 1.29 is 13.6 Å². The van der Waals surface area contributed by atoms with E-state index in [-0.39, 0.29) is 5.69 Å². The molecule has 8 nitrogen and oxygen atoms in total. The van der Waals surface area contributed by atoms with Gasteiger partial charge in [-0.25, -0.2) is 9.50 Å². The van der Waals surface area contributed by atoms with E-state index in [1.807, 2.05) is 0 Å². The topological polar surface area (TPSA) is 84.1 Å². The molecule has 0 aromatic carbocycles. The normalized spacial score (nSPS) is 16.6. The van der Waals surface area contributed by atoms with E-state index in [0.29, 0.717) is 39.6 Å². The van der Waals surface area contributed by atoms with Crippen LogP contribution in [0.15, 0.2) is 43.0 Å². The van der Waals surface area contributed by atoms with Gasteiger partial charge in [-0.15, -0.1) is 0 Å². The number of carbonyl (C=O) groups is 1. The Hall–Kier alpha value is -3.27. The number of pyridine rings is 1. The molecule has 0 unspecified atom stereocenters. The quantitative estimate of drug-likeness (QED) is 0.555. The van der Waals surface area contributed by atoms with E-state index < -0.39 is 18.5 Å². The predicted octanol–water partition coefficient (Wildman–Crippen LogP) is 3.09. The van der Waals surface area contributed by atoms with Crippen LogP contribution in [0.1, 0.15) is 40.2 Å². The summed E-state index contributed by atoms with van der Waals surface area (Å²) in [5, 5.41) is 8.64. The Bertz CT molecular complexity index is 1210. The van der Waals surface area contributed by atoms with Gasteiger partial charge in [0.2, 0.25) is 0 Å². The lowest BCUT2D eigenvalue weighted by atomic mass is 9.99. The number of nitrogens with one attached hydrogen (secondary N) is 1. The molecule has 4 aromatic rings. The Morgan fingerprint density at radius 1 is 1.34 bits per heavy atom. The van der Waals surface area contributed by atoms with Crippen LogP contribution < -0.4 is 0 Å². The van der Waals surface area contributed by atoms with Crippen molar-refractivity contribution in [2.45, 2.75) is 19.0 Å². The summed E-state index contributed by atoms with van der Waals surface area (Å²) < 4.78 is 28.6. The minimum atomic E-state index is -2.91. The fraction of sp³-hybridized carbons (Fsp3) is 0.222. The third kappa shape index (κ3) is 2.79. The third-order valence-corrected chi connectivity index (χ3v) is 5.33. The predicted molar refractivity (Wildman–Crippen MR) is 98.9 cm³/mol. The number of nitrogens with zero attached hydrogens (tertiary/aromatic N) is 6. The second kappa shape index (κ2) is 6.66. The van der Waals surface area contributed by atoms with Crippen LogP contribution in [0.2, 0.25) is 5.02 Å². The number of hydrogen-bond donors (Lipinski definition) is 1. The number of hydrogen-bond acceptors (Lipinski definition) is 4. The Morgan fingerprint density at radius 3 is 3.00 bits per heavy atom. The number of alkyl halides is 2. The summed E-state index contributed by atoms with van der Waals surface area (Å²) in [6.45, 7) is -2.60. The molecule has 0 saturated carbocycles. The van der Waals surface area contributed by atoms with Crippen LogP contribution in [0.5, 0.6) is 0 Å². The average Bonchev–Trinajstić information content (AvgIpc) is 3.44. The van der Waals surface area contributed by atoms with E-state index in [9.17, 15) is 13.6 Å². The summed E-state index contributed by atoms with van der Waals surface area (Å²) in [7, 11) is 0. The first kappa shape index (κ1) is 17.8. The maximum absolute atomic E-state index is 13.3. The molecule has 1 aliphatic rings. The van der Waals surface area contributed by atoms with E-state index in [0.717, 1.165) is 5.69 Å². The van der Waals surface area contributed by atoms with Gasteiger partial charge in [0.1, 0.15) is 11.7 Å². The standard InChI is InChI=1S/C18H14ClF2N7O/c19-10-2-1-6-27-14(10)8-12(25-27)16-15-11(22-9-23-15)4-7-26(16)17(29)13-3-5-24-28(13)18(20)21/h1-3,5-6,8-9,16,18H,4,7H2,(H,22,23)/t16-/m0/s1. The van der Waals surface area contributed by atoms with Gasteiger partial charge in [-0.1, -0.05) is 11.6 Å². The first-order chi connectivity index (χ1) is 14.0. The summed E-state index contributed by atoms with van der Waals surface area (Å²) >= 11 is 6.27. The van der Waals surface area contributed by atoms with Crippen LogP contribution in [0, 0.1) is 0 Å². The van der Waals surface area contributed by atoms with Crippen molar-refractivity contribution in [3.05, 3.63) is 70.8 Å². The highest BCUT2D eigenvalue weighted by Gasteiger charge is 2.37. The number of halogens is 3. The summed E-state index contributed by atoms with van der Waals surface area (Å²) in [4.78, 5) is 22.2.